The van der Waals surface area contributed by atoms with Gasteiger partial charge in [0.15, 0.2) is 11.6 Å². The van der Waals surface area contributed by atoms with E-state index < -0.39 is 0 Å². The van der Waals surface area contributed by atoms with Crippen LogP contribution in [0.3, 0.4) is 0 Å². The molecule has 98 valence electrons. The Hall–Kier alpha value is -2.55. The average Bonchev–Trinajstić information content (AvgIpc) is 2.47. The summed E-state index contributed by atoms with van der Waals surface area (Å²) < 4.78 is 12.9. The van der Waals surface area contributed by atoms with Crippen LogP contribution < -0.4 is 0 Å². The molecule has 0 saturated carbocycles. The first-order chi connectivity index (χ1) is 9.65. The standard InChI is InChI=1S/C17H11FO2/c18-13-7-5-11(6-8-13)9-12-10-16(19)14-3-1-2-4-15(14)17(12)20/h1-8,10H,9H2. The van der Waals surface area contributed by atoms with Gasteiger partial charge in [0.1, 0.15) is 5.82 Å². The molecule has 0 unspecified atom stereocenters. The van der Waals surface area contributed by atoms with E-state index in [0.29, 0.717) is 23.1 Å². The molecule has 2 nitrogen and oxygen atoms in total. The van der Waals surface area contributed by atoms with E-state index in [4.69, 9.17) is 0 Å². The number of hydrogen-bond acceptors (Lipinski definition) is 2. The molecule has 0 amide bonds. The summed E-state index contributed by atoms with van der Waals surface area (Å²) >= 11 is 0. The zero-order chi connectivity index (χ0) is 14.1. The molecule has 0 N–H and O–H groups in total. The van der Waals surface area contributed by atoms with Crippen molar-refractivity contribution in [1.29, 1.82) is 0 Å². The van der Waals surface area contributed by atoms with Crippen LogP contribution in [0.15, 0.2) is 60.2 Å². The Bertz CT molecular complexity index is 727. The van der Waals surface area contributed by atoms with E-state index >= 15 is 0 Å². The largest absolute Gasteiger partial charge is 0.289 e. The van der Waals surface area contributed by atoms with Crippen molar-refractivity contribution in [3.8, 4) is 0 Å². The van der Waals surface area contributed by atoms with Crippen molar-refractivity contribution in [2.75, 3.05) is 0 Å². The van der Waals surface area contributed by atoms with Gasteiger partial charge >= 0.3 is 0 Å². The smallest absolute Gasteiger partial charge is 0.190 e. The second kappa shape index (κ2) is 4.85. The molecule has 3 heteroatoms. The van der Waals surface area contributed by atoms with Crippen LogP contribution in [-0.2, 0) is 6.42 Å². The Balaban J connectivity index is 1.94. The lowest BCUT2D eigenvalue weighted by molar-refractivity contribution is 0.0982. The predicted molar refractivity (Wildman–Crippen MR) is 73.3 cm³/mol. The van der Waals surface area contributed by atoms with E-state index in [-0.39, 0.29) is 17.4 Å². The summed E-state index contributed by atoms with van der Waals surface area (Å²) in [5, 5.41) is 0. The fourth-order valence-corrected chi connectivity index (χ4v) is 2.32. The van der Waals surface area contributed by atoms with E-state index in [0.717, 1.165) is 5.56 Å². The molecule has 1 aliphatic rings. The van der Waals surface area contributed by atoms with E-state index in [1.807, 2.05) is 0 Å². The van der Waals surface area contributed by atoms with Crippen LogP contribution in [-0.4, -0.2) is 11.6 Å². The third-order valence-electron chi connectivity index (χ3n) is 3.34. The maximum atomic E-state index is 12.9. The predicted octanol–water partition coefficient (Wildman–Crippen LogP) is 3.37. The summed E-state index contributed by atoms with van der Waals surface area (Å²) in [6.07, 6.45) is 1.72. The Kier molecular flexibility index (Phi) is 3.03. The molecule has 0 fully saturated rings. The van der Waals surface area contributed by atoms with Gasteiger partial charge in [0.05, 0.1) is 0 Å². The van der Waals surface area contributed by atoms with Gasteiger partial charge in [0.25, 0.3) is 0 Å². The summed E-state index contributed by atoms with van der Waals surface area (Å²) in [6, 6.07) is 12.7. The van der Waals surface area contributed by atoms with Crippen LogP contribution in [0.5, 0.6) is 0 Å². The maximum absolute atomic E-state index is 12.9. The number of rotatable bonds is 2. The second-order valence-electron chi connectivity index (χ2n) is 4.71. The number of ketones is 2. The van der Waals surface area contributed by atoms with Gasteiger partial charge in [-0.1, -0.05) is 36.4 Å². The zero-order valence-corrected chi connectivity index (χ0v) is 10.6. The topological polar surface area (TPSA) is 34.1 Å². The Morgan fingerprint density at radius 2 is 1.50 bits per heavy atom. The number of carbonyl (C=O) groups excluding carboxylic acids is 2. The molecule has 0 bridgehead atoms. The van der Waals surface area contributed by atoms with Gasteiger partial charge in [-0.25, -0.2) is 4.39 Å². The number of hydrogen-bond donors (Lipinski definition) is 0. The molecule has 0 atom stereocenters. The molecule has 20 heavy (non-hydrogen) atoms. The number of fused-ring (bicyclic) bond motifs is 1. The van der Waals surface area contributed by atoms with Crippen LogP contribution in [0.1, 0.15) is 26.3 Å². The summed E-state index contributed by atoms with van der Waals surface area (Å²) in [7, 11) is 0. The Labute approximate surface area is 115 Å². The van der Waals surface area contributed by atoms with E-state index in [2.05, 4.69) is 0 Å². The highest BCUT2D eigenvalue weighted by atomic mass is 19.1. The minimum absolute atomic E-state index is 0.135. The van der Waals surface area contributed by atoms with E-state index in [1.54, 1.807) is 36.4 Å². The highest BCUT2D eigenvalue weighted by Gasteiger charge is 2.24. The first-order valence-electron chi connectivity index (χ1n) is 6.28. The average molecular weight is 266 g/mol. The quantitative estimate of drug-likeness (QED) is 0.835. The molecule has 0 radical (unpaired) electrons. The van der Waals surface area contributed by atoms with Gasteiger partial charge in [-0.05, 0) is 23.8 Å². The number of allylic oxidation sites excluding steroid dienone is 2. The summed E-state index contributed by atoms with van der Waals surface area (Å²) in [6.45, 7) is 0. The first-order valence-corrected chi connectivity index (χ1v) is 6.28. The van der Waals surface area contributed by atoms with Gasteiger partial charge in [-0.2, -0.15) is 0 Å². The highest BCUT2D eigenvalue weighted by molar-refractivity contribution is 6.24. The van der Waals surface area contributed by atoms with Crippen molar-refractivity contribution in [3.05, 3.63) is 82.7 Å². The molecular weight excluding hydrogens is 255 g/mol. The Morgan fingerprint density at radius 1 is 0.850 bits per heavy atom. The number of carbonyl (C=O) groups is 2. The lowest BCUT2D eigenvalue weighted by Crippen LogP contribution is -2.18. The first kappa shape index (κ1) is 12.5. The van der Waals surface area contributed by atoms with Crippen LogP contribution in [0.2, 0.25) is 0 Å². The van der Waals surface area contributed by atoms with Gasteiger partial charge in [-0.15, -0.1) is 0 Å². The molecule has 1 aliphatic carbocycles. The summed E-state index contributed by atoms with van der Waals surface area (Å²) in [4.78, 5) is 24.3. The lowest BCUT2D eigenvalue weighted by atomic mass is 9.87. The highest BCUT2D eigenvalue weighted by Crippen LogP contribution is 2.23. The molecule has 0 saturated heterocycles. The van der Waals surface area contributed by atoms with Crippen molar-refractivity contribution in [2.45, 2.75) is 6.42 Å². The van der Waals surface area contributed by atoms with Crippen molar-refractivity contribution in [2.24, 2.45) is 0 Å². The van der Waals surface area contributed by atoms with Crippen molar-refractivity contribution in [1.82, 2.24) is 0 Å². The molecule has 2 aromatic rings. The summed E-state index contributed by atoms with van der Waals surface area (Å²) in [5.41, 5.74) is 2.14. The molecule has 0 spiro atoms. The number of Topliss-reactive ketones (excluding diaryl/α,β-unsaturated/α-hetero) is 1. The zero-order valence-electron chi connectivity index (χ0n) is 10.6. The van der Waals surface area contributed by atoms with Crippen molar-refractivity contribution < 1.29 is 14.0 Å². The number of benzene rings is 2. The van der Waals surface area contributed by atoms with Gasteiger partial charge in [0.2, 0.25) is 0 Å². The molecule has 0 heterocycles. The van der Waals surface area contributed by atoms with Crippen LogP contribution in [0.4, 0.5) is 4.39 Å². The molecular formula is C17H11FO2. The SMILES string of the molecule is O=C1C=C(Cc2ccc(F)cc2)C(=O)c2ccccc21. The molecule has 0 aliphatic heterocycles. The maximum Gasteiger partial charge on any atom is 0.190 e. The van der Waals surface area contributed by atoms with Gasteiger partial charge < -0.3 is 0 Å². The van der Waals surface area contributed by atoms with Crippen LogP contribution >= 0.6 is 0 Å². The minimum atomic E-state index is -0.320. The second-order valence-corrected chi connectivity index (χ2v) is 4.71. The molecule has 3 rings (SSSR count). The van der Waals surface area contributed by atoms with Crippen LogP contribution in [0.25, 0.3) is 0 Å². The third kappa shape index (κ3) is 2.18. The van der Waals surface area contributed by atoms with E-state index in [1.165, 1.54) is 18.2 Å². The lowest BCUT2D eigenvalue weighted by Gasteiger charge is -2.14. The Morgan fingerprint density at radius 3 is 2.20 bits per heavy atom. The summed E-state index contributed by atoms with van der Waals surface area (Å²) in [5.74, 6) is -0.610. The minimum Gasteiger partial charge on any atom is -0.289 e. The number of halogens is 1. The van der Waals surface area contributed by atoms with Crippen molar-refractivity contribution in [3.63, 3.8) is 0 Å². The monoisotopic (exact) mass is 266 g/mol. The third-order valence-corrected chi connectivity index (χ3v) is 3.34. The van der Waals surface area contributed by atoms with Crippen molar-refractivity contribution >= 4 is 11.6 Å². The van der Waals surface area contributed by atoms with Crippen LogP contribution in [0, 0.1) is 5.82 Å². The van der Waals surface area contributed by atoms with E-state index in [9.17, 15) is 14.0 Å². The molecule has 0 aromatic heterocycles. The fourth-order valence-electron chi connectivity index (χ4n) is 2.32. The fraction of sp³-hybridized carbons (Fsp3) is 0.0588. The normalized spacial score (nSPS) is 13.9. The van der Waals surface area contributed by atoms with Gasteiger partial charge in [-0.3, -0.25) is 9.59 Å². The van der Waals surface area contributed by atoms with Gasteiger partial charge in [0, 0.05) is 23.1 Å². The molecule has 2 aromatic carbocycles.